The van der Waals surface area contributed by atoms with Crippen LogP contribution >= 0.6 is 11.3 Å². The van der Waals surface area contributed by atoms with E-state index in [-0.39, 0.29) is 5.75 Å². The van der Waals surface area contributed by atoms with Gasteiger partial charge >= 0.3 is 0 Å². The third-order valence-electron chi connectivity index (χ3n) is 2.16. The Bertz CT molecular complexity index is 456. The lowest BCUT2D eigenvalue weighted by Crippen LogP contribution is -2.24. The first-order chi connectivity index (χ1) is 8.39. The summed E-state index contributed by atoms with van der Waals surface area (Å²) >= 11 is 1.24. The predicted molar refractivity (Wildman–Crippen MR) is 74.4 cm³/mol. The lowest BCUT2D eigenvalue weighted by atomic mass is 10.3. The van der Waals surface area contributed by atoms with E-state index in [1.54, 1.807) is 6.92 Å². The fourth-order valence-corrected chi connectivity index (χ4v) is 3.31. The standard InChI is InChI=1S/C10H20N4O2S2/c1-8(2)11-6-4-5-7-18(15,16)14-10-13-12-9(3)17-10/h8,11H,4-7H2,1-3H3,(H,13,14). The quantitative estimate of drug-likeness (QED) is 0.707. The molecule has 1 aromatic rings. The number of rotatable bonds is 8. The molecule has 8 heteroatoms. The number of nitrogens with zero attached hydrogens (tertiary/aromatic N) is 2. The van der Waals surface area contributed by atoms with Crippen LogP contribution in [0.15, 0.2) is 0 Å². The van der Waals surface area contributed by atoms with Gasteiger partial charge in [0.1, 0.15) is 5.01 Å². The lowest BCUT2D eigenvalue weighted by Gasteiger charge is -2.08. The van der Waals surface area contributed by atoms with Crippen molar-refractivity contribution < 1.29 is 8.42 Å². The van der Waals surface area contributed by atoms with Crippen molar-refractivity contribution in [2.75, 3.05) is 17.0 Å². The maximum Gasteiger partial charge on any atom is 0.234 e. The predicted octanol–water partition coefficient (Wildman–Crippen LogP) is 1.37. The number of sulfonamides is 1. The van der Waals surface area contributed by atoms with Gasteiger partial charge in [-0.2, -0.15) is 0 Å². The third-order valence-corrected chi connectivity index (χ3v) is 4.38. The van der Waals surface area contributed by atoms with E-state index in [1.807, 2.05) is 0 Å². The molecule has 0 atom stereocenters. The third kappa shape index (κ3) is 6.27. The van der Waals surface area contributed by atoms with Crippen LogP contribution in [0, 0.1) is 6.92 Å². The molecule has 0 aliphatic carbocycles. The van der Waals surface area contributed by atoms with Crippen LogP contribution in [-0.4, -0.2) is 37.0 Å². The van der Waals surface area contributed by atoms with Crippen LogP contribution in [0.5, 0.6) is 0 Å². The van der Waals surface area contributed by atoms with Crippen molar-refractivity contribution in [1.29, 1.82) is 0 Å². The van der Waals surface area contributed by atoms with Crippen LogP contribution in [0.1, 0.15) is 31.7 Å². The van der Waals surface area contributed by atoms with Crippen LogP contribution in [-0.2, 0) is 10.0 Å². The number of unbranched alkanes of at least 4 members (excludes halogenated alkanes) is 1. The maximum atomic E-state index is 11.7. The molecule has 0 bridgehead atoms. The van der Waals surface area contributed by atoms with E-state index in [2.05, 4.69) is 34.1 Å². The molecule has 0 fully saturated rings. The van der Waals surface area contributed by atoms with Crippen molar-refractivity contribution in [2.24, 2.45) is 0 Å². The highest BCUT2D eigenvalue weighted by Crippen LogP contribution is 2.15. The van der Waals surface area contributed by atoms with Gasteiger partial charge in [0.25, 0.3) is 0 Å². The Balaban J connectivity index is 2.28. The monoisotopic (exact) mass is 292 g/mol. The van der Waals surface area contributed by atoms with Crippen LogP contribution < -0.4 is 10.0 Å². The molecule has 1 rings (SSSR count). The molecule has 1 heterocycles. The normalized spacial score (nSPS) is 12.0. The van der Waals surface area contributed by atoms with Gasteiger partial charge in [-0.05, 0) is 26.3 Å². The molecule has 0 amide bonds. The molecular formula is C10H20N4O2S2. The van der Waals surface area contributed by atoms with Gasteiger partial charge < -0.3 is 5.32 Å². The summed E-state index contributed by atoms with van der Waals surface area (Å²) in [7, 11) is -3.29. The number of aromatic nitrogens is 2. The van der Waals surface area contributed by atoms with Crippen molar-refractivity contribution in [3.05, 3.63) is 5.01 Å². The van der Waals surface area contributed by atoms with Gasteiger partial charge in [0.2, 0.25) is 15.2 Å². The topological polar surface area (TPSA) is 84.0 Å². The highest BCUT2D eigenvalue weighted by molar-refractivity contribution is 7.92. The smallest absolute Gasteiger partial charge is 0.234 e. The highest BCUT2D eigenvalue weighted by Gasteiger charge is 2.12. The second-order valence-corrected chi connectivity index (χ2v) is 7.39. The van der Waals surface area contributed by atoms with E-state index in [9.17, 15) is 8.42 Å². The average Bonchev–Trinajstić information content (AvgIpc) is 2.61. The van der Waals surface area contributed by atoms with Crippen LogP contribution in [0.4, 0.5) is 5.13 Å². The zero-order chi connectivity index (χ0) is 13.6. The minimum absolute atomic E-state index is 0.116. The van der Waals surface area contributed by atoms with Crippen molar-refractivity contribution >= 4 is 26.5 Å². The largest absolute Gasteiger partial charge is 0.315 e. The summed E-state index contributed by atoms with van der Waals surface area (Å²) in [5.74, 6) is 0.116. The zero-order valence-corrected chi connectivity index (χ0v) is 12.6. The van der Waals surface area contributed by atoms with E-state index >= 15 is 0 Å². The maximum absolute atomic E-state index is 11.7. The first kappa shape index (κ1) is 15.3. The van der Waals surface area contributed by atoms with E-state index < -0.39 is 10.0 Å². The van der Waals surface area contributed by atoms with Crippen molar-refractivity contribution in [3.63, 3.8) is 0 Å². The summed E-state index contributed by atoms with van der Waals surface area (Å²) < 4.78 is 25.9. The Labute approximate surface area is 112 Å². The summed E-state index contributed by atoms with van der Waals surface area (Å²) in [6.07, 6.45) is 1.47. The first-order valence-electron chi connectivity index (χ1n) is 5.93. The van der Waals surface area contributed by atoms with Gasteiger partial charge in [0.15, 0.2) is 0 Å². The fourth-order valence-electron chi connectivity index (χ4n) is 1.33. The van der Waals surface area contributed by atoms with E-state index in [0.29, 0.717) is 17.6 Å². The summed E-state index contributed by atoms with van der Waals surface area (Å²) in [5.41, 5.74) is 0. The van der Waals surface area contributed by atoms with Crippen LogP contribution in [0.3, 0.4) is 0 Å². The Kier molecular flexibility index (Phi) is 5.97. The molecule has 0 aromatic carbocycles. The number of nitrogens with one attached hydrogen (secondary N) is 2. The van der Waals surface area contributed by atoms with Gasteiger partial charge in [-0.15, -0.1) is 10.2 Å². The highest BCUT2D eigenvalue weighted by atomic mass is 32.2. The number of anilines is 1. The Hall–Kier alpha value is -0.730. The second-order valence-electron chi connectivity index (χ2n) is 4.36. The summed E-state index contributed by atoms with van der Waals surface area (Å²) in [6, 6.07) is 0.434. The number of aryl methyl sites for hydroxylation is 1. The molecule has 0 aliphatic heterocycles. The SMILES string of the molecule is Cc1nnc(NS(=O)(=O)CCCCNC(C)C)s1. The van der Waals surface area contributed by atoms with Gasteiger partial charge in [0, 0.05) is 6.04 Å². The van der Waals surface area contributed by atoms with E-state index in [0.717, 1.165) is 18.0 Å². The lowest BCUT2D eigenvalue weighted by molar-refractivity contribution is 0.561. The molecule has 0 radical (unpaired) electrons. The molecule has 6 nitrogen and oxygen atoms in total. The Morgan fingerprint density at radius 1 is 1.28 bits per heavy atom. The van der Waals surface area contributed by atoms with Gasteiger partial charge in [-0.1, -0.05) is 25.2 Å². The van der Waals surface area contributed by atoms with Gasteiger partial charge in [-0.25, -0.2) is 8.42 Å². The summed E-state index contributed by atoms with van der Waals surface area (Å²) in [4.78, 5) is 0. The molecule has 0 saturated heterocycles. The van der Waals surface area contributed by atoms with E-state index in [1.165, 1.54) is 11.3 Å². The number of hydrogen-bond acceptors (Lipinski definition) is 6. The Morgan fingerprint density at radius 3 is 2.56 bits per heavy atom. The average molecular weight is 292 g/mol. The van der Waals surface area contributed by atoms with Crippen LogP contribution in [0.2, 0.25) is 0 Å². The molecule has 18 heavy (non-hydrogen) atoms. The van der Waals surface area contributed by atoms with Gasteiger partial charge in [-0.3, -0.25) is 4.72 Å². The van der Waals surface area contributed by atoms with Crippen molar-refractivity contribution in [1.82, 2.24) is 15.5 Å². The zero-order valence-electron chi connectivity index (χ0n) is 10.9. The minimum Gasteiger partial charge on any atom is -0.315 e. The van der Waals surface area contributed by atoms with Crippen LogP contribution in [0.25, 0.3) is 0 Å². The molecule has 2 N–H and O–H groups in total. The molecule has 0 spiro atoms. The second kappa shape index (κ2) is 7.01. The molecule has 1 aromatic heterocycles. The molecular weight excluding hydrogens is 272 g/mol. The first-order valence-corrected chi connectivity index (χ1v) is 8.40. The van der Waals surface area contributed by atoms with E-state index in [4.69, 9.17) is 0 Å². The fraction of sp³-hybridized carbons (Fsp3) is 0.800. The molecule has 0 aliphatic rings. The molecule has 0 unspecified atom stereocenters. The Morgan fingerprint density at radius 2 is 2.00 bits per heavy atom. The molecule has 0 saturated carbocycles. The van der Waals surface area contributed by atoms with Crippen molar-refractivity contribution in [3.8, 4) is 0 Å². The van der Waals surface area contributed by atoms with Gasteiger partial charge in [0.05, 0.1) is 5.75 Å². The number of hydrogen-bond donors (Lipinski definition) is 2. The minimum atomic E-state index is -3.29. The summed E-state index contributed by atoms with van der Waals surface area (Å²) in [6.45, 7) is 6.75. The molecule has 104 valence electrons. The van der Waals surface area contributed by atoms with Crippen molar-refractivity contribution in [2.45, 2.75) is 39.7 Å². The summed E-state index contributed by atoms with van der Waals surface area (Å²) in [5, 5.41) is 11.8.